The fourth-order valence-electron chi connectivity index (χ4n) is 1.99. The third-order valence-electron chi connectivity index (χ3n) is 3.31. The van der Waals surface area contributed by atoms with Gasteiger partial charge in [0.15, 0.2) is 0 Å². The Kier molecular flexibility index (Phi) is 5.00. The van der Waals surface area contributed by atoms with Gasteiger partial charge in [-0.1, -0.05) is 19.0 Å². The zero-order chi connectivity index (χ0) is 17.0. The third-order valence-corrected chi connectivity index (χ3v) is 3.31. The lowest BCUT2D eigenvalue weighted by Crippen LogP contribution is -2.44. The van der Waals surface area contributed by atoms with Gasteiger partial charge in [-0.05, 0) is 30.2 Å². The molecule has 1 atom stereocenters. The summed E-state index contributed by atoms with van der Waals surface area (Å²) in [6.07, 6.45) is 0. The molecule has 23 heavy (non-hydrogen) atoms. The number of hydrogen-bond donors (Lipinski definition) is 2. The summed E-state index contributed by atoms with van der Waals surface area (Å²) in [4.78, 5) is 23.9. The summed E-state index contributed by atoms with van der Waals surface area (Å²) in [6.45, 7) is 3.59. The molecular formula is C16H18N2O5. The first-order valence-corrected chi connectivity index (χ1v) is 7.07. The van der Waals surface area contributed by atoms with E-state index in [0.29, 0.717) is 11.3 Å². The van der Waals surface area contributed by atoms with Gasteiger partial charge in [-0.15, -0.1) is 0 Å². The Balaban J connectivity index is 2.14. The molecule has 1 aromatic heterocycles. The number of aromatic hydroxyl groups is 1. The standard InChI is InChI=1S/C16H18N2O5/c1-9(2)14(16(21)22-3)17-15(20)13-8-12(18-23-13)10-4-6-11(19)7-5-10/h4-9,14,19H,1-3H3,(H,17,20). The van der Waals surface area contributed by atoms with E-state index in [1.807, 2.05) is 0 Å². The van der Waals surface area contributed by atoms with Crippen LogP contribution in [0.15, 0.2) is 34.9 Å². The molecule has 1 heterocycles. The fourth-order valence-corrected chi connectivity index (χ4v) is 1.99. The van der Waals surface area contributed by atoms with Gasteiger partial charge in [-0.2, -0.15) is 0 Å². The summed E-state index contributed by atoms with van der Waals surface area (Å²) in [5.41, 5.74) is 1.15. The second-order valence-electron chi connectivity index (χ2n) is 5.34. The molecule has 0 aliphatic carbocycles. The first-order valence-electron chi connectivity index (χ1n) is 7.07. The predicted molar refractivity (Wildman–Crippen MR) is 81.7 cm³/mol. The van der Waals surface area contributed by atoms with Gasteiger partial charge in [0.25, 0.3) is 5.91 Å². The molecule has 7 heteroatoms. The van der Waals surface area contributed by atoms with Gasteiger partial charge < -0.3 is 19.7 Å². The lowest BCUT2D eigenvalue weighted by atomic mass is 10.0. The number of esters is 1. The molecule has 0 fully saturated rings. The topological polar surface area (TPSA) is 102 Å². The summed E-state index contributed by atoms with van der Waals surface area (Å²) in [7, 11) is 1.27. The average molecular weight is 318 g/mol. The van der Waals surface area contributed by atoms with E-state index in [2.05, 4.69) is 15.2 Å². The molecule has 2 aromatic rings. The smallest absolute Gasteiger partial charge is 0.328 e. The van der Waals surface area contributed by atoms with Crippen molar-refractivity contribution in [2.45, 2.75) is 19.9 Å². The maximum Gasteiger partial charge on any atom is 0.328 e. The average Bonchev–Trinajstić information content (AvgIpc) is 3.02. The molecule has 0 aliphatic heterocycles. The molecule has 1 unspecified atom stereocenters. The van der Waals surface area contributed by atoms with E-state index in [0.717, 1.165) is 0 Å². The Labute approximate surface area is 133 Å². The molecule has 0 aliphatic rings. The molecule has 2 N–H and O–H groups in total. The number of ether oxygens (including phenoxy) is 1. The van der Waals surface area contributed by atoms with Crippen molar-refractivity contribution in [1.82, 2.24) is 10.5 Å². The van der Waals surface area contributed by atoms with Gasteiger partial charge in [0, 0.05) is 11.6 Å². The van der Waals surface area contributed by atoms with E-state index in [9.17, 15) is 14.7 Å². The molecular weight excluding hydrogens is 300 g/mol. The Bertz CT molecular complexity index is 691. The number of carbonyl (C=O) groups is 2. The van der Waals surface area contributed by atoms with E-state index in [-0.39, 0.29) is 17.4 Å². The number of aromatic nitrogens is 1. The number of methoxy groups -OCH3 is 1. The molecule has 2 rings (SSSR count). The minimum Gasteiger partial charge on any atom is -0.508 e. The van der Waals surface area contributed by atoms with Crippen molar-refractivity contribution in [3.63, 3.8) is 0 Å². The van der Waals surface area contributed by atoms with E-state index in [4.69, 9.17) is 4.52 Å². The molecule has 1 amide bonds. The van der Waals surface area contributed by atoms with E-state index < -0.39 is 17.9 Å². The van der Waals surface area contributed by atoms with Crippen molar-refractivity contribution < 1.29 is 24.0 Å². The van der Waals surface area contributed by atoms with Crippen molar-refractivity contribution in [2.24, 2.45) is 5.92 Å². The number of carbonyl (C=O) groups excluding carboxylic acids is 2. The van der Waals surface area contributed by atoms with Gasteiger partial charge >= 0.3 is 5.97 Å². The van der Waals surface area contributed by atoms with Crippen LogP contribution in [-0.2, 0) is 9.53 Å². The van der Waals surface area contributed by atoms with Crippen LogP contribution >= 0.6 is 0 Å². The zero-order valence-corrected chi connectivity index (χ0v) is 13.1. The third kappa shape index (κ3) is 3.88. The van der Waals surface area contributed by atoms with Crippen LogP contribution < -0.4 is 5.32 Å². The molecule has 7 nitrogen and oxygen atoms in total. The van der Waals surface area contributed by atoms with Gasteiger partial charge in [-0.3, -0.25) is 4.79 Å². The monoisotopic (exact) mass is 318 g/mol. The van der Waals surface area contributed by atoms with Crippen molar-refractivity contribution in [3.8, 4) is 17.0 Å². The van der Waals surface area contributed by atoms with Crippen molar-refractivity contribution in [1.29, 1.82) is 0 Å². The van der Waals surface area contributed by atoms with Crippen LogP contribution in [0.25, 0.3) is 11.3 Å². The number of phenols is 1. The highest BCUT2D eigenvalue weighted by Gasteiger charge is 2.27. The molecule has 1 aromatic carbocycles. The highest BCUT2D eigenvalue weighted by Crippen LogP contribution is 2.21. The largest absolute Gasteiger partial charge is 0.508 e. The number of nitrogens with zero attached hydrogens (tertiary/aromatic N) is 1. The number of benzene rings is 1. The number of hydrogen-bond acceptors (Lipinski definition) is 6. The summed E-state index contributed by atoms with van der Waals surface area (Å²) in [5.74, 6) is -1.08. The molecule has 0 saturated heterocycles. The second-order valence-corrected chi connectivity index (χ2v) is 5.34. The zero-order valence-electron chi connectivity index (χ0n) is 13.1. The maximum absolute atomic E-state index is 12.2. The molecule has 0 spiro atoms. The number of nitrogens with one attached hydrogen (secondary N) is 1. The fraction of sp³-hybridized carbons (Fsp3) is 0.312. The highest BCUT2D eigenvalue weighted by molar-refractivity contribution is 5.95. The van der Waals surface area contributed by atoms with Crippen LogP contribution in [0.1, 0.15) is 24.4 Å². The van der Waals surface area contributed by atoms with Gasteiger partial charge in [0.1, 0.15) is 17.5 Å². The maximum atomic E-state index is 12.2. The number of rotatable bonds is 5. The van der Waals surface area contributed by atoms with Crippen molar-refractivity contribution >= 4 is 11.9 Å². The van der Waals surface area contributed by atoms with Crippen LogP contribution in [0.3, 0.4) is 0 Å². The normalized spacial score (nSPS) is 12.0. The summed E-state index contributed by atoms with van der Waals surface area (Å²) in [5, 5.41) is 15.7. The first-order chi connectivity index (χ1) is 10.9. The number of phenolic OH excluding ortho intramolecular Hbond substituents is 1. The van der Waals surface area contributed by atoms with E-state index >= 15 is 0 Å². The van der Waals surface area contributed by atoms with Gasteiger partial charge in [0.2, 0.25) is 5.76 Å². The van der Waals surface area contributed by atoms with Gasteiger partial charge in [-0.25, -0.2) is 4.79 Å². The van der Waals surface area contributed by atoms with Crippen LogP contribution in [0.4, 0.5) is 0 Å². The Hall–Kier alpha value is -2.83. The summed E-state index contributed by atoms with van der Waals surface area (Å²) in [6, 6.07) is 7.03. The SMILES string of the molecule is COC(=O)C(NC(=O)c1cc(-c2ccc(O)cc2)no1)C(C)C. The Morgan fingerprint density at radius 1 is 1.26 bits per heavy atom. The number of amides is 1. The van der Waals surface area contributed by atoms with Crippen LogP contribution in [0, 0.1) is 5.92 Å². The molecule has 0 saturated carbocycles. The Morgan fingerprint density at radius 3 is 2.48 bits per heavy atom. The second kappa shape index (κ2) is 6.95. The van der Waals surface area contributed by atoms with Crippen LogP contribution in [-0.4, -0.2) is 35.3 Å². The van der Waals surface area contributed by atoms with Crippen LogP contribution in [0.5, 0.6) is 5.75 Å². The highest BCUT2D eigenvalue weighted by atomic mass is 16.5. The minimum absolute atomic E-state index is 0.0115. The Morgan fingerprint density at radius 2 is 1.91 bits per heavy atom. The molecule has 0 bridgehead atoms. The van der Waals surface area contributed by atoms with E-state index in [1.165, 1.54) is 25.3 Å². The first kappa shape index (κ1) is 16.5. The van der Waals surface area contributed by atoms with Gasteiger partial charge in [0.05, 0.1) is 7.11 Å². The molecule has 0 radical (unpaired) electrons. The van der Waals surface area contributed by atoms with E-state index in [1.54, 1.807) is 26.0 Å². The quantitative estimate of drug-likeness (QED) is 0.817. The lowest BCUT2D eigenvalue weighted by Gasteiger charge is -2.18. The van der Waals surface area contributed by atoms with Crippen molar-refractivity contribution in [3.05, 3.63) is 36.1 Å². The van der Waals surface area contributed by atoms with Crippen LogP contribution in [0.2, 0.25) is 0 Å². The lowest BCUT2D eigenvalue weighted by molar-refractivity contribution is -0.144. The predicted octanol–water partition coefficient (Wildman–Crippen LogP) is 1.97. The summed E-state index contributed by atoms with van der Waals surface area (Å²) < 4.78 is 9.70. The molecule has 122 valence electrons. The minimum atomic E-state index is -0.769. The summed E-state index contributed by atoms with van der Waals surface area (Å²) >= 11 is 0. The van der Waals surface area contributed by atoms with Crippen molar-refractivity contribution in [2.75, 3.05) is 7.11 Å².